The molecule has 2 amide bonds. The summed E-state index contributed by atoms with van der Waals surface area (Å²) in [5, 5.41) is 6.10. The number of rotatable bonds is 4. The Bertz CT molecular complexity index is 710. The van der Waals surface area contributed by atoms with Crippen LogP contribution in [0.3, 0.4) is 0 Å². The predicted molar refractivity (Wildman–Crippen MR) is 102 cm³/mol. The van der Waals surface area contributed by atoms with Crippen molar-refractivity contribution in [1.29, 1.82) is 0 Å². The second-order valence-electron chi connectivity index (χ2n) is 7.20. The van der Waals surface area contributed by atoms with Crippen LogP contribution < -0.4 is 15.4 Å². The number of methoxy groups -OCH3 is 1. The Morgan fingerprint density at radius 3 is 2.73 bits per heavy atom. The third kappa shape index (κ3) is 3.81. The topological polar surface area (TPSA) is 70.7 Å². The number of fused-ring (bicyclic) bond motifs is 1. The number of ether oxygens (including phenoxy) is 1. The molecule has 2 aliphatic heterocycles. The number of nitrogens with one attached hydrogen (secondary N) is 2. The second-order valence-corrected chi connectivity index (χ2v) is 7.61. The van der Waals surface area contributed by atoms with E-state index in [9.17, 15) is 9.59 Å². The van der Waals surface area contributed by atoms with Crippen LogP contribution in [0, 0.1) is 5.92 Å². The molecule has 142 valence electrons. The Labute approximate surface area is 159 Å². The maximum atomic E-state index is 12.9. The SMILES string of the molecule is COc1cc(NC(C)=O)c(Cl)cc1C(=O)NC1CC[C@H](C)C2CCCN12. The van der Waals surface area contributed by atoms with Gasteiger partial charge in [-0.2, -0.15) is 0 Å². The van der Waals surface area contributed by atoms with E-state index in [0.29, 0.717) is 34.0 Å². The van der Waals surface area contributed by atoms with Crippen LogP contribution in [-0.2, 0) is 4.79 Å². The van der Waals surface area contributed by atoms with Crippen LogP contribution in [0.5, 0.6) is 5.75 Å². The highest BCUT2D eigenvalue weighted by Gasteiger charge is 2.38. The Morgan fingerprint density at radius 1 is 1.27 bits per heavy atom. The van der Waals surface area contributed by atoms with E-state index in [1.807, 2.05) is 0 Å². The van der Waals surface area contributed by atoms with Gasteiger partial charge in [0.1, 0.15) is 5.75 Å². The fourth-order valence-corrected chi connectivity index (χ4v) is 4.37. The molecule has 7 heteroatoms. The van der Waals surface area contributed by atoms with Gasteiger partial charge in [0.25, 0.3) is 5.91 Å². The van der Waals surface area contributed by atoms with Crippen molar-refractivity contribution in [3.63, 3.8) is 0 Å². The van der Waals surface area contributed by atoms with Crippen molar-refractivity contribution in [2.45, 2.75) is 51.7 Å². The monoisotopic (exact) mass is 379 g/mol. The van der Waals surface area contributed by atoms with Crippen LogP contribution >= 0.6 is 11.6 Å². The summed E-state index contributed by atoms with van der Waals surface area (Å²) in [5.41, 5.74) is 0.805. The van der Waals surface area contributed by atoms with Crippen LogP contribution in [0.4, 0.5) is 5.69 Å². The molecule has 1 aromatic carbocycles. The molecule has 2 heterocycles. The minimum Gasteiger partial charge on any atom is -0.496 e. The quantitative estimate of drug-likeness (QED) is 0.842. The normalized spacial score (nSPS) is 25.5. The standard InChI is InChI=1S/C19H26ClN3O3/c1-11-6-7-18(23-8-4-5-16(11)23)22-19(25)13-9-14(20)15(21-12(2)24)10-17(13)26-3/h9-11,16,18H,4-8H2,1-3H3,(H,21,24)(H,22,25)/t11-,16?,18?/m0/s1. The third-order valence-corrected chi connectivity index (χ3v) is 5.75. The molecule has 3 rings (SSSR count). The summed E-state index contributed by atoms with van der Waals surface area (Å²) in [6.07, 6.45) is 4.50. The number of amides is 2. The molecule has 0 saturated carbocycles. The van der Waals surface area contributed by atoms with E-state index < -0.39 is 0 Å². The molecule has 26 heavy (non-hydrogen) atoms. The summed E-state index contributed by atoms with van der Waals surface area (Å²) >= 11 is 6.24. The maximum Gasteiger partial charge on any atom is 0.256 e. The van der Waals surface area contributed by atoms with Crippen molar-refractivity contribution in [2.75, 3.05) is 19.0 Å². The number of halogens is 1. The highest BCUT2D eigenvalue weighted by molar-refractivity contribution is 6.34. The third-order valence-electron chi connectivity index (χ3n) is 5.44. The fourth-order valence-electron chi connectivity index (χ4n) is 4.16. The number of nitrogens with zero attached hydrogens (tertiary/aromatic N) is 1. The molecule has 3 atom stereocenters. The first-order chi connectivity index (χ1) is 12.4. The molecule has 0 aliphatic carbocycles. The molecule has 6 nitrogen and oxygen atoms in total. The number of hydrogen-bond acceptors (Lipinski definition) is 4. The van der Waals surface area contributed by atoms with E-state index in [1.54, 1.807) is 12.1 Å². The zero-order valence-corrected chi connectivity index (χ0v) is 16.2. The molecule has 2 aliphatic rings. The van der Waals surface area contributed by atoms with Crippen molar-refractivity contribution in [2.24, 2.45) is 5.92 Å². The lowest BCUT2D eigenvalue weighted by Gasteiger charge is -2.41. The molecule has 2 unspecified atom stereocenters. The largest absolute Gasteiger partial charge is 0.496 e. The molecule has 2 N–H and O–H groups in total. The van der Waals surface area contributed by atoms with Crippen LogP contribution in [0.15, 0.2) is 12.1 Å². The molecule has 0 aromatic heterocycles. The van der Waals surface area contributed by atoms with Crippen LogP contribution in [0.1, 0.15) is 49.9 Å². The first kappa shape index (κ1) is 19.0. The summed E-state index contributed by atoms with van der Waals surface area (Å²) in [6.45, 7) is 4.73. The lowest BCUT2D eigenvalue weighted by Crippen LogP contribution is -2.54. The van der Waals surface area contributed by atoms with Crippen LogP contribution in [0.2, 0.25) is 5.02 Å². The smallest absolute Gasteiger partial charge is 0.256 e. The van der Waals surface area contributed by atoms with E-state index in [2.05, 4.69) is 22.5 Å². The van der Waals surface area contributed by atoms with E-state index >= 15 is 0 Å². The minimum atomic E-state index is -0.234. The van der Waals surface area contributed by atoms with Gasteiger partial charge >= 0.3 is 0 Å². The Hall–Kier alpha value is -1.79. The lowest BCUT2D eigenvalue weighted by molar-refractivity contribution is -0.114. The van der Waals surface area contributed by atoms with E-state index in [1.165, 1.54) is 26.9 Å². The number of piperidine rings is 1. The number of carbonyl (C=O) groups is 2. The molecule has 2 fully saturated rings. The summed E-state index contributed by atoms with van der Waals surface area (Å²) in [4.78, 5) is 26.6. The van der Waals surface area contributed by atoms with Crippen molar-refractivity contribution in [1.82, 2.24) is 10.2 Å². The van der Waals surface area contributed by atoms with E-state index in [-0.39, 0.29) is 18.0 Å². The van der Waals surface area contributed by atoms with Gasteiger partial charge in [-0.15, -0.1) is 0 Å². The first-order valence-electron chi connectivity index (χ1n) is 9.12. The van der Waals surface area contributed by atoms with Gasteiger partial charge < -0.3 is 15.4 Å². The molecular formula is C19H26ClN3O3. The summed E-state index contributed by atoms with van der Waals surface area (Å²) < 4.78 is 5.35. The van der Waals surface area contributed by atoms with Gasteiger partial charge in [-0.3, -0.25) is 14.5 Å². The average Bonchev–Trinajstić information content (AvgIpc) is 3.09. The van der Waals surface area contributed by atoms with Gasteiger partial charge in [0.2, 0.25) is 5.91 Å². The van der Waals surface area contributed by atoms with Gasteiger partial charge in [-0.1, -0.05) is 18.5 Å². The molecule has 0 bridgehead atoms. The zero-order valence-electron chi connectivity index (χ0n) is 15.5. The number of hydrogen-bond donors (Lipinski definition) is 2. The van der Waals surface area contributed by atoms with Crippen molar-refractivity contribution >= 4 is 29.1 Å². The predicted octanol–water partition coefficient (Wildman–Crippen LogP) is 3.26. The van der Waals surface area contributed by atoms with E-state index in [0.717, 1.165) is 19.4 Å². The van der Waals surface area contributed by atoms with Crippen molar-refractivity contribution in [3.05, 3.63) is 22.7 Å². The number of anilines is 1. The Morgan fingerprint density at radius 2 is 2.04 bits per heavy atom. The maximum absolute atomic E-state index is 12.9. The van der Waals surface area contributed by atoms with E-state index in [4.69, 9.17) is 16.3 Å². The molecule has 1 aromatic rings. The van der Waals surface area contributed by atoms with Crippen LogP contribution in [0.25, 0.3) is 0 Å². The molecule has 0 spiro atoms. The first-order valence-corrected chi connectivity index (χ1v) is 9.50. The van der Waals surface area contributed by atoms with Gasteiger partial charge in [0, 0.05) is 25.6 Å². The summed E-state index contributed by atoms with van der Waals surface area (Å²) in [5.74, 6) is 0.621. The summed E-state index contributed by atoms with van der Waals surface area (Å²) in [7, 11) is 1.50. The highest BCUT2D eigenvalue weighted by atomic mass is 35.5. The zero-order chi connectivity index (χ0) is 18.8. The van der Waals surface area contributed by atoms with Gasteiger partial charge in [0.05, 0.1) is 29.5 Å². The minimum absolute atomic E-state index is 0.0460. The lowest BCUT2D eigenvalue weighted by atomic mass is 9.89. The second kappa shape index (κ2) is 7.84. The van der Waals surface area contributed by atoms with Gasteiger partial charge in [0.15, 0.2) is 0 Å². The number of benzene rings is 1. The highest BCUT2D eigenvalue weighted by Crippen LogP contribution is 2.35. The van der Waals surface area contributed by atoms with Crippen LogP contribution in [-0.4, -0.2) is 42.6 Å². The van der Waals surface area contributed by atoms with Gasteiger partial charge in [-0.05, 0) is 37.7 Å². The average molecular weight is 380 g/mol. The number of carbonyl (C=O) groups excluding carboxylic acids is 2. The Balaban J connectivity index is 1.79. The van der Waals surface area contributed by atoms with Crippen molar-refractivity contribution < 1.29 is 14.3 Å². The molecule has 0 radical (unpaired) electrons. The fraction of sp³-hybridized carbons (Fsp3) is 0.579. The van der Waals surface area contributed by atoms with Crippen molar-refractivity contribution in [3.8, 4) is 5.75 Å². The molecular weight excluding hydrogens is 354 g/mol. The van der Waals surface area contributed by atoms with Gasteiger partial charge in [-0.25, -0.2) is 0 Å². The molecule has 2 saturated heterocycles. The Kier molecular flexibility index (Phi) is 5.73. The summed E-state index contributed by atoms with van der Waals surface area (Å²) in [6, 6.07) is 3.69.